The molecule has 0 bridgehead atoms. The number of tetrazole rings is 1. The van der Waals surface area contributed by atoms with Gasteiger partial charge in [0.05, 0.1) is 7.05 Å². The van der Waals surface area contributed by atoms with Crippen LogP contribution < -0.4 is 4.72 Å². The molecule has 0 aliphatic heterocycles. The highest BCUT2D eigenvalue weighted by Crippen LogP contribution is 2.16. The van der Waals surface area contributed by atoms with Crippen molar-refractivity contribution in [3.8, 4) is 11.8 Å². The Morgan fingerprint density at radius 3 is 2.80 bits per heavy atom. The van der Waals surface area contributed by atoms with Crippen molar-refractivity contribution in [2.24, 2.45) is 7.05 Å². The summed E-state index contributed by atoms with van der Waals surface area (Å²) < 4.78 is 26.7. The average Bonchev–Trinajstić information content (AvgIpc) is 2.81. The van der Waals surface area contributed by atoms with Gasteiger partial charge in [0.1, 0.15) is 11.5 Å². The molecular weight excluding hydrogens is 282 g/mol. The van der Waals surface area contributed by atoms with Crippen molar-refractivity contribution in [1.82, 2.24) is 20.2 Å². The number of nitrogens with one attached hydrogen (secondary N) is 1. The van der Waals surface area contributed by atoms with Crippen LogP contribution in [0.25, 0.3) is 0 Å². The van der Waals surface area contributed by atoms with Crippen molar-refractivity contribution in [2.45, 2.75) is 4.90 Å². The zero-order valence-electron chi connectivity index (χ0n) is 10.5. The maximum absolute atomic E-state index is 12.2. The highest BCUT2D eigenvalue weighted by atomic mass is 32.2. The van der Waals surface area contributed by atoms with Crippen molar-refractivity contribution in [3.63, 3.8) is 0 Å². The molecule has 2 aromatic rings. The quantitative estimate of drug-likeness (QED) is 0.728. The first-order valence-corrected chi connectivity index (χ1v) is 6.97. The van der Waals surface area contributed by atoms with E-state index in [-0.39, 0.29) is 23.0 Å². The second-order valence-electron chi connectivity index (χ2n) is 3.66. The summed E-state index contributed by atoms with van der Waals surface area (Å²) in [6.45, 7) is -0.354. The predicted octanol–water partition coefficient (Wildman–Crippen LogP) is -0.645. The molecule has 0 amide bonds. The first-order valence-electron chi connectivity index (χ1n) is 5.48. The van der Waals surface area contributed by atoms with Crippen LogP contribution in [0.4, 0.5) is 5.95 Å². The van der Waals surface area contributed by atoms with Gasteiger partial charge >= 0.3 is 0 Å². The first kappa shape index (κ1) is 14.0. The molecule has 0 saturated carbocycles. The number of aliphatic hydroxyl groups is 1. The molecule has 104 valence electrons. The van der Waals surface area contributed by atoms with E-state index in [1.165, 1.54) is 13.1 Å². The molecule has 0 unspecified atom stereocenters. The molecule has 20 heavy (non-hydrogen) atoms. The van der Waals surface area contributed by atoms with Gasteiger partial charge in [-0.2, -0.15) is 4.80 Å². The number of hydrogen-bond acceptors (Lipinski definition) is 6. The number of rotatable bonds is 3. The third-order valence-electron chi connectivity index (χ3n) is 2.21. The molecule has 0 saturated heterocycles. The second-order valence-corrected chi connectivity index (χ2v) is 5.31. The highest BCUT2D eigenvalue weighted by Gasteiger charge is 2.19. The zero-order valence-corrected chi connectivity index (χ0v) is 11.3. The topological polar surface area (TPSA) is 110 Å². The molecule has 9 heteroatoms. The van der Waals surface area contributed by atoms with Crippen LogP contribution in [0.15, 0.2) is 29.2 Å². The second kappa shape index (κ2) is 5.68. The van der Waals surface area contributed by atoms with Crippen LogP contribution in [-0.4, -0.2) is 40.3 Å². The molecule has 1 aromatic carbocycles. The maximum atomic E-state index is 12.2. The number of aryl methyl sites for hydroxylation is 1. The molecule has 1 heterocycles. The largest absolute Gasteiger partial charge is 0.384 e. The normalized spacial score (nSPS) is 10.7. The summed E-state index contributed by atoms with van der Waals surface area (Å²) in [6.07, 6.45) is 0. The van der Waals surface area contributed by atoms with E-state index in [1.54, 1.807) is 18.2 Å². The van der Waals surface area contributed by atoms with Gasteiger partial charge in [0, 0.05) is 5.56 Å². The Balaban J connectivity index is 2.39. The van der Waals surface area contributed by atoms with Crippen LogP contribution >= 0.6 is 0 Å². The van der Waals surface area contributed by atoms with Gasteiger partial charge < -0.3 is 5.11 Å². The minimum Gasteiger partial charge on any atom is -0.384 e. The van der Waals surface area contributed by atoms with E-state index in [2.05, 4.69) is 32.0 Å². The van der Waals surface area contributed by atoms with E-state index < -0.39 is 10.0 Å². The molecule has 0 atom stereocenters. The Hall–Kier alpha value is -2.44. The van der Waals surface area contributed by atoms with E-state index in [1.807, 2.05) is 0 Å². The lowest BCUT2D eigenvalue weighted by atomic mass is 10.2. The van der Waals surface area contributed by atoms with Crippen molar-refractivity contribution in [2.75, 3.05) is 11.3 Å². The van der Waals surface area contributed by atoms with Crippen molar-refractivity contribution in [1.29, 1.82) is 0 Å². The molecule has 0 aliphatic rings. The number of nitrogens with zero attached hydrogens (tertiary/aromatic N) is 4. The van der Waals surface area contributed by atoms with Crippen LogP contribution in [0, 0.1) is 11.8 Å². The lowest BCUT2D eigenvalue weighted by Crippen LogP contribution is -2.15. The summed E-state index contributed by atoms with van der Waals surface area (Å²) in [5.41, 5.74) is 0.276. The van der Waals surface area contributed by atoms with Gasteiger partial charge in [-0.05, 0) is 17.3 Å². The summed E-state index contributed by atoms with van der Waals surface area (Å²) >= 11 is 0. The molecule has 0 fully saturated rings. The van der Waals surface area contributed by atoms with Crippen LogP contribution in [-0.2, 0) is 17.1 Å². The fourth-order valence-corrected chi connectivity index (χ4v) is 2.54. The first-order chi connectivity index (χ1) is 9.53. The number of hydrogen-bond donors (Lipinski definition) is 2. The monoisotopic (exact) mass is 293 g/mol. The van der Waals surface area contributed by atoms with Gasteiger partial charge in [-0.15, -0.1) is 5.10 Å². The van der Waals surface area contributed by atoms with E-state index in [0.717, 1.165) is 4.80 Å². The standard InChI is InChI=1S/C11H11N5O3S/c1-16-13-11(12-15-16)14-20(18,19)10-7-3-2-5-9(10)6-4-8-17/h2-3,5,7,17H,8H2,1H3,(H,13,14). The fraction of sp³-hybridized carbons (Fsp3) is 0.182. The van der Waals surface area contributed by atoms with Gasteiger partial charge in [0.2, 0.25) is 0 Å². The van der Waals surface area contributed by atoms with E-state index in [9.17, 15) is 8.42 Å². The molecule has 0 spiro atoms. The smallest absolute Gasteiger partial charge is 0.277 e. The Morgan fingerprint density at radius 2 is 2.15 bits per heavy atom. The van der Waals surface area contributed by atoms with Crippen molar-refractivity contribution < 1.29 is 13.5 Å². The fourth-order valence-electron chi connectivity index (χ4n) is 1.44. The summed E-state index contributed by atoms with van der Waals surface area (Å²) in [4.78, 5) is 1.11. The van der Waals surface area contributed by atoms with Gasteiger partial charge in [0.25, 0.3) is 16.0 Å². The van der Waals surface area contributed by atoms with Gasteiger partial charge in [0.15, 0.2) is 0 Å². The minimum absolute atomic E-state index is 0.0200. The molecule has 0 aliphatic carbocycles. The maximum Gasteiger partial charge on any atom is 0.277 e. The van der Waals surface area contributed by atoms with E-state index in [0.29, 0.717) is 0 Å². The number of sulfonamides is 1. The van der Waals surface area contributed by atoms with Gasteiger partial charge in [-0.3, -0.25) is 0 Å². The summed E-state index contributed by atoms with van der Waals surface area (Å²) in [5.74, 6) is 4.86. The van der Waals surface area contributed by atoms with Crippen molar-refractivity contribution in [3.05, 3.63) is 29.8 Å². The lowest BCUT2D eigenvalue weighted by molar-refractivity contribution is 0.350. The number of anilines is 1. The minimum atomic E-state index is -3.87. The number of aliphatic hydroxyl groups excluding tert-OH is 1. The molecule has 8 nitrogen and oxygen atoms in total. The summed E-state index contributed by atoms with van der Waals surface area (Å²) in [7, 11) is -2.35. The Kier molecular flexibility index (Phi) is 3.97. The number of benzene rings is 1. The van der Waals surface area contributed by atoms with Crippen LogP contribution in [0.1, 0.15) is 5.56 Å². The van der Waals surface area contributed by atoms with Gasteiger partial charge in [-0.1, -0.05) is 29.1 Å². The Bertz CT molecular complexity index is 773. The SMILES string of the molecule is Cn1nnc(NS(=O)(=O)c2ccccc2C#CCO)n1. The summed E-state index contributed by atoms with van der Waals surface area (Å²) in [6, 6.07) is 6.17. The molecule has 2 N–H and O–H groups in total. The average molecular weight is 293 g/mol. The number of aromatic nitrogens is 4. The van der Waals surface area contributed by atoms with Crippen molar-refractivity contribution >= 4 is 16.0 Å². The Labute approximate surface area is 115 Å². The molecular formula is C11H11N5O3S. The van der Waals surface area contributed by atoms with Crippen LogP contribution in [0.5, 0.6) is 0 Å². The zero-order chi connectivity index (χ0) is 14.6. The highest BCUT2D eigenvalue weighted by molar-refractivity contribution is 7.92. The third kappa shape index (κ3) is 3.11. The van der Waals surface area contributed by atoms with Crippen LogP contribution in [0.3, 0.4) is 0 Å². The lowest BCUT2D eigenvalue weighted by Gasteiger charge is -2.06. The molecule has 0 radical (unpaired) electrons. The Morgan fingerprint density at radius 1 is 1.40 bits per heavy atom. The molecule has 1 aromatic heterocycles. The predicted molar refractivity (Wildman–Crippen MR) is 70.0 cm³/mol. The third-order valence-corrected chi connectivity index (χ3v) is 3.60. The molecule has 2 rings (SSSR count). The van der Waals surface area contributed by atoms with Crippen LogP contribution in [0.2, 0.25) is 0 Å². The summed E-state index contributed by atoms with van der Waals surface area (Å²) in [5, 5.41) is 19.5. The van der Waals surface area contributed by atoms with E-state index in [4.69, 9.17) is 5.11 Å². The van der Waals surface area contributed by atoms with Gasteiger partial charge in [-0.25, -0.2) is 13.1 Å². The van der Waals surface area contributed by atoms with E-state index >= 15 is 0 Å².